The van der Waals surface area contributed by atoms with Crippen molar-refractivity contribution in [2.75, 3.05) is 26.4 Å². The molecule has 3 unspecified atom stereocenters. The molecular formula is C68H121O11P. The monoisotopic (exact) mass is 1140 g/mol. The van der Waals surface area contributed by atoms with E-state index in [0.29, 0.717) is 19.3 Å². The minimum absolute atomic E-state index is 0.149. The number of carbonyl (C=O) groups excluding carboxylic acids is 3. The summed E-state index contributed by atoms with van der Waals surface area (Å²) in [6.07, 6.45) is 71.3. The normalized spacial score (nSPS) is 13.7. The molecule has 0 fully saturated rings. The molecule has 80 heavy (non-hydrogen) atoms. The van der Waals surface area contributed by atoms with Crippen molar-refractivity contribution in [2.45, 2.75) is 315 Å². The summed E-state index contributed by atoms with van der Waals surface area (Å²) in [7, 11) is -4.76. The Hall–Kier alpha value is -3.08. The smallest absolute Gasteiger partial charge is 0.462 e. The minimum Gasteiger partial charge on any atom is -0.462 e. The minimum atomic E-state index is -4.76. The van der Waals surface area contributed by atoms with Crippen LogP contribution in [0.5, 0.6) is 0 Å². The molecule has 0 aromatic carbocycles. The Morgan fingerprint density at radius 2 is 0.613 bits per heavy atom. The van der Waals surface area contributed by atoms with Crippen molar-refractivity contribution >= 4 is 25.7 Å². The summed E-state index contributed by atoms with van der Waals surface area (Å²) in [5, 5.41) is 9.86. The molecule has 0 radical (unpaired) electrons. The van der Waals surface area contributed by atoms with Gasteiger partial charge in [0.15, 0.2) is 6.10 Å². The zero-order valence-electron chi connectivity index (χ0n) is 51.5. The van der Waals surface area contributed by atoms with Gasteiger partial charge in [-0.25, -0.2) is 4.57 Å². The number of ether oxygens (including phenoxy) is 3. The topological polar surface area (TPSA) is 155 Å². The van der Waals surface area contributed by atoms with Gasteiger partial charge in [0.05, 0.1) is 19.8 Å². The van der Waals surface area contributed by atoms with Crippen LogP contribution in [0.3, 0.4) is 0 Å². The predicted molar refractivity (Wildman–Crippen MR) is 335 cm³/mol. The van der Waals surface area contributed by atoms with E-state index in [9.17, 15) is 28.9 Å². The molecule has 0 bridgehead atoms. The van der Waals surface area contributed by atoms with Crippen molar-refractivity contribution in [3.8, 4) is 0 Å². The van der Waals surface area contributed by atoms with Crippen LogP contribution >= 0.6 is 7.82 Å². The molecule has 0 aliphatic heterocycles. The molecule has 0 aromatic rings. The summed E-state index contributed by atoms with van der Waals surface area (Å²) >= 11 is 0. The third-order valence-electron chi connectivity index (χ3n) is 14.1. The first-order valence-corrected chi connectivity index (χ1v) is 34.3. The molecule has 3 atom stereocenters. The second-order valence-corrected chi connectivity index (χ2v) is 23.4. The zero-order chi connectivity index (χ0) is 58.3. The Bertz CT molecular complexity index is 1620. The van der Waals surface area contributed by atoms with Gasteiger partial charge in [-0.15, -0.1) is 0 Å². The Kier molecular flexibility index (Phi) is 59.6. The van der Waals surface area contributed by atoms with E-state index in [4.69, 9.17) is 23.3 Å². The quantitative estimate of drug-likeness (QED) is 0.0197. The second-order valence-electron chi connectivity index (χ2n) is 21.9. The lowest BCUT2D eigenvalue weighted by molar-refractivity contribution is -0.161. The molecule has 0 heterocycles. The van der Waals surface area contributed by atoms with Crippen LogP contribution in [0, 0.1) is 0 Å². The number of aliphatic hydroxyl groups excluding tert-OH is 1. The van der Waals surface area contributed by atoms with E-state index in [1.807, 2.05) is 0 Å². The number of rotatable bonds is 61. The van der Waals surface area contributed by atoms with Gasteiger partial charge in [-0.05, 0) is 116 Å². The molecule has 464 valence electrons. The average molecular weight is 1150 g/mol. The number of phosphoric acid groups is 1. The highest BCUT2D eigenvalue weighted by Crippen LogP contribution is 2.43. The van der Waals surface area contributed by atoms with Crippen molar-refractivity contribution in [3.05, 3.63) is 72.9 Å². The van der Waals surface area contributed by atoms with Crippen LogP contribution in [0.2, 0.25) is 0 Å². The van der Waals surface area contributed by atoms with Gasteiger partial charge in [0.2, 0.25) is 0 Å². The number of carbonyl (C=O) groups is 3. The van der Waals surface area contributed by atoms with Gasteiger partial charge in [0.1, 0.15) is 12.7 Å². The third-order valence-corrected chi connectivity index (χ3v) is 15.0. The summed E-state index contributed by atoms with van der Waals surface area (Å²) in [5.74, 6) is -1.49. The van der Waals surface area contributed by atoms with Crippen molar-refractivity contribution in [2.24, 2.45) is 0 Å². The van der Waals surface area contributed by atoms with Crippen LogP contribution in [0.25, 0.3) is 0 Å². The van der Waals surface area contributed by atoms with Crippen LogP contribution in [-0.4, -0.2) is 66.5 Å². The van der Waals surface area contributed by atoms with Gasteiger partial charge in [-0.3, -0.25) is 23.4 Å². The van der Waals surface area contributed by atoms with E-state index in [1.165, 1.54) is 128 Å². The van der Waals surface area contributed by atoms with Gasteiger partial charge in [-0.2, -0.15) is 0 Å². The summed E-state index contributed by atoms with van der Waals surface area (Å²) in [6, 6.07) is 0. The maximum absolute atomic E-state index is 13.0. The van der Waals surface area contributed by atoms with Gasteiger partial charge >= 0.3 is 25.7 Å². The van der Waals surface area contributed by atoms with Crippen LogP contribution < -0.4 is 0 Å². The Morgan fingerprint density at radius 1 is 0.350 bits per heavy atom. The highest BCUT2D eigenvalue weighted by atomic mass is 31.2. The molecule has 0 spiro atoms. The van der Waals surface area contributed by atoms with Crippen molar-refractivity contribution in [1.82, 2.24) is 0 Å². The molecule has 2 N–H and O–H groups in total. The molecular weight excluding hydrogens is 1020 g/mol. The van der Waals surface area contributed by atoms with Crippen LogP contribution in [0.15, 0.2) is 72.9 Å². The molecule has 12 heteroatoms. The lowest BCUT2D eigenvalue weighted by Crippen LogP contribution is -2.30. The van der Waals surface area contributed by atoms with Gasteiger partial charge in [-0.1, -0.05) is 241 Å². The molecule has 0 aliphatic rings. The molecule has 11 nitrogen and oxygen atoms in total. The number of hydrogen-bond donors (Lipinski definition) is 2. The van der Waals surface area contributed by atoms with Crippen molar-refractivity contribution in [3.63, 3.8) is 0 Å². The summed E-state index contributed by atoms with van der Waals surface area (Å²) in [5.41, 5.74) is 0. The fourth-order valence-corrected chi connectivity index (χ4v) is 9.82. The Morgan fingerprint density at radius 3 is 0.975 bits per heavy atom. The van der Waals surface area contributed by atoms with E-state index >= 15 is 0 Å². The largest absolute Gasteiger partial charge is 0.472 e. The van der Waals surface area contributed by atoms with Crippen LogP contribution in [-0.2, 0) is 42.2 Å². The summed E-state index contributed by atoms with van der Waals surface area (Å²) in [4.78, 5) is 48.8. The molecule has 0 saturated heterocycles. The number of phosphoric ester groups is 1. The zero-order valence-corrected chi connectivity index (χ0v) is 52.4. The summed E-state index contributed by atoms with van der Waals surface area (Å²) < 4.78 is 39.7. The third kappa shape index (κ3) is 59.5. The number of allylic oxidation sites excluding steroid dienone is 12. The maximum Gasteiger partial charge on any atom is 0.472 e. The van der Waals surface area contributed by atoms with Crippen molar-refractivity contribution in [1.29, 1.82) is 0 Å². The predicted octanol–water partition coefficient (Wildman–Crippen LogP) is 20.0. The van der Waals surface area contributed by atoms with E-state index < -0.39 is 57.8 Å². The molecule has 0 rings (SSSR count). The highest BCUT2D eigenvalue weighted by molar-refractivity contribution is 7.47. The fraction of sp³-hybridized carbons (Fsp3) is 0.779. The van der Waals surface area contributed by atoms with E-state index in [0.717, 1.165) is 116 Å². The van der Waals surface area contributed by atoms with Gasteiger partial charge < -0.3 is 24.2 Å². The molecule has 0 aliphatic carbocycles. The van der Waals surface area contributed by atoms with E-state index in [1.54, 1.807) is 0 Å². The maximum atomic E-state index is 13.0. The second kappa shape index (κ2) is 62.0. The average Bonchev–Trinajstić information content (AvgIpc) is 3.45. The summed E-state index contributed by atoms with van der Waals surface area (Å²) in [6.45, 7) is 4.60. The number of hydrogen-bond acceptors (Lipinski definition) is 10. The standard InChI is InChI=1S/C68H121O11P/c1-4-7-10-13-16-19-22-25-28-30-32-34-37-40-43-46-49-52-55-58-67(71)78-64(60-69)62-76-80(73,74)77-63-65(61-75-66(70)57-54-51-48-45-42-39-36-27-24-21-18-15-12-9-6-3)79-68(72)59-56-53-50-47-44-41-38-35-33-31-29-26-23-20-17-14-11-8-5-2/h17-18,20-21,25-29,33,35-36,64-65,69H,4-16,19,22-24,30-32,34,37-63H2,1-3H3,(H,73,74)/b20-17-,21-18-,28-25-,29-26-,35-33-,36-27-. The molecule has 0 aromatic heterocycles. The van der Waals surface area contributed by atoms with Gasteiger partial charge in [0.25, 0.3) is 0 Å². The first-order chi connectivity index (χ1) is 39.2. The Labute approximate surface area is 490 Å². The van der Waals surface area contributed by atoms with E-state index in [2.05, 4.69) is 93.7 Å². The highest BCUT2D eigenvalue weighted by Gasteiger charge is 2.28. The van der Waals surface area contributed by atoms with Crippen LogP contribution in [0.1, 0.15) is 303 Å². The van der Waals surface area contributed by atoms with Crippen LogP contribution in [0.4, 0.5) is 0 Å². The van der Waals surface area contributed by atoms with E-state index in [-0.39, 0.29) is 25.9 Å². The lowest BCUT2D eigenvalue weighted by Gasteiger charge is -2.21. The number of esters is 3. The van der Waals surface area contributed by atoms with Crippen molar-refractivity contribution < 1.29 is 52.2 Å². The first-order valence-electron chi connectivity index (χ1n) is 32.8. The SMILES string of the molecule is CCCCC/C=C\C/C=C\C/C=C\CCCCCCCCC(=O)OC(COC(=O)CCCCCCC/C=C\C/C=C\CCCCC)COP(=O)(O)OCC(CO)OC(=O)CCCCCCCCCCC/C=C\CCCCCCCC. The lowest BCUT2D eigenvalue weighted by atomic mass is 10.1. The number of aliphatic hydroxyl groups is 1. The fourth-order valence-electron chi connectivity index (χ4n) is 9.04. The molecule has 0 saturated carbocycles. The van der Waals surface area contributed by atoms with Gasteiger partial charge in [0, 0.05) is 19.3 Å². The number of unbranched alkanes of at least 4 members (excludes halogenated alkanes) is 32. The first kappa shape index (κ1) is 76.9. The molecule has 0 amide bonds. The Balaban J connectivity index is 4.70.